The van der Waals surface area contributed by atoms with Gasteiger partial charge >= 0.3 is 0 Å². The number of rotatable bonds is 2. The quantitative estimate of drug-likeness (QED) is 0.741. The van der Waals surface area contributed by atoms with Crippen molar-refractivity contribution in [3.63, 3.8) is 0 Å². The van der Waals surface area contributed by atoms with Crippen molar-refractivity contribution in [1.82, 2.24) is 4.98 Å². The summed E-state index contributed by atoms with van der Waals surface area (Å²) >= 11 is 0. The van der Waals surface area contributed by atoms with E-state index < -0.39 is 5.79 Å². The van der Waals surface area contributed by atoms with Crippen molar-refractivity contribution in [3.05, 3.63) is 60.3 Å². The van der Waals surface area contributed by atoms with E-state index in [4.69, 9.17) is 9.47 Å². The molecule has 1 spiro atoms. The summed E-state index contributed by atoms with van der Waals surface area (Å²) in [5.41, 5.74) is 2.09. The second kappa shape index (κ2) is 5.73. The zero-order valence-corrected chi connectivity index (χ0v) is 14.2. The van der Waals surface area contributed by atoms with Crippen LogP contribution in [0.1, 0.15) is 36.0 Å². The van der Waals surface area contributed by atoms with Gasteiger partial charge in [-0.05, 0) is 37.1 Å². The standard InChI is InChI=1S/C21H18N2O3/c24-20(16-9-12-22-17-6-2-1-5-15(16)17)23-14-7-8-18-19(13-14)26-21(25-18)10-3-4-11-21/h1-2,5-9,12-13H,3-4,10-11H2,(H,23,24). The summed E-state index contributed by atoms with van der Waals surface area (Å²) in [7, 11) is 0. The molecular formula is C21H18N2O3. The van der Waals surface area contributed by atoms with Crippen LogP contribution >= 0.6 is 0 Å². The van der Waals surface area contributed by atoms with Gasteiger partial charge in [0.1, 0.15) is 0 Å². The molecule has 0 atom stereocenters. The number of amides is 1. The number of hydrogen-bond acceptors (Lipinski definition) is 4. The molecule has 2 heterocycles. The van der Waals surface area contributed by atoms with Crippen LogP contribution in [0.15, 0.2) is 54.7 Å². The Morgan fingerprint density at radius 2 is 1.81 bits per heavy atom. The maximum absolute atomic E-state index is 12.8. The van der Waals surface area contributed by atoms with E-state index in [0.29, 0.717) is 17.0 Å². The number of benzene rings is 2. The highest BCUT2D eigenvalue weighted by molar-refractivity contribution is 6.12. The Bertz CT molecular complexity index is 1000. The Balaban J connectivity index is 1.41. The van der Waals surface area contributed by atoms with Crippen molar-refractivity contribution >= 4 is 22.5 Å². The number of pyridine rings is 1. The minimum atomic E-state index is -0.494. The van der Waals surface area contributed by atoms with E-state index >= 15 is 0 Å². The fourth-order valence-electron chi connectivity index (χ4n) is 3.78. The molecule has 5 nitrogen and oxygen atoms in total. The van der Waals surface area contributed by atoms with Gasteiger partial charge in [0.05, 0.1) is 11.1 Å². The van der Waals surface area contributed by atoms with Gasteiger partial charge in [0, 0.05) is 36.2 Å². The van der Waals surface area contributed by atoms with Gasteiger partial charge in [-0.2, -0.15) is 0 Å². The molecule has 1 aliphatic carbocycles. The van der Waals surface area contributed by atoms with Crippen LogP contribution in [0.3, 0.4) is 0 Å². The van der Waals surface area contributed by atoms with Crippen LogP contribution in [-0.2, 0) is 0 Å². The molecule has 1 amide bonds. The highest BCUT2D eigenvalue weighted by Crippen LogP contribution is 2.47. The molecular weight excluding hydrogens is 328 g/mol. The summed E-state index contributed by atoms with van der Waals surface area (Å²) < 4.78 is 12.1. The first-order valence-electron chi connectivity index (χ1n) is 8.90. The van der Waals surface area contributed by atoms with Crippen LogP contribution in [0, 0.1) is 0 Å². The molecule has 1 saturated carbocycles. The van der Waals surface area contributed by atoms with Gasteiger partial charge in [0.25, 0.3) is 11.7 Å². The van der Waals surface area contributed by atoms with E-state index in [-0.39, 0.29) is 5.91 Å². The van der Waals surface area contributed by atoms with Crippen LogP contribution in [-0.4, -0.2) is 16.7 Å². The van der Waals surface area contributed by atoms with Gasteiger partial charge in [0.15, 0.2) is 11.5 Å². The highest BCUT2D eigenvalue weighted by Gasteiger charge is 2.44. The average molecular weight is 346 g/mol. The SMILES string of the molecule is O=C(Nc1ccc2c(c1)OC1(CCCC1)O2)c1ccnc2ccccc12. The fourth-order valence-corrected chi connectivity index (χ4v) is 3.78. The van der Waals surface area contributed by atoms with E-state index in [1.807, 2.05) is 42.5 Å². The van der Waals surface area contributed by atoms with Gasteiger partial charge in [-0.25, -0.2) is 0 Å². The molecule has 5 heteroatoms. The Labute approximate surface area is 151 Å². The van der Waals surface area contributed by atoms with Gasteiger partial charge in [-0.1, -0.05) is 18.2 Å². The lowest BCUT2D eigenvalue weighted by Gasteiger charge is -2.21. The predicted octanol–water partition coefficient (Wildman–Crippen LogP) is 4.53. The lowest BCUT2D eigenvalue weighted by atomic mass is 10.1. The number of nitrogens with one attached hydrogen (secondary N) is 1. The Hall–Kier alpha value is -3.08. The second-order valence-corrected chi connectivity index (χ2v) is 6.81. The fraction of sp³-hybridized carbons (Fsp3) is 0.238. The van der Waals surface area contributed by atoms with Gasteiger partial charge in [0.2, 0.25) is 0 Å². The molecule has 0 radical (unpaired) electrons. The predicted molar refractivity (Wildman–Crippen MR) is 98.6 cm³/mol. The van der Waals surface area contributed by atoms with Crippen molar-refractivity contribution in [2.75, 3.05) is 5.32 Å². The molecule has 2 aliphatic rings. The molecule has 3 aromatic rings. The summed E-state index contributed by atoms with van der Waals surface area (Å²) in [6.45, 7) is 0. The molecule has 1 aromatic heterocycles. The zero-order chi connectivity index (χ0) is 17.6. The monoisotopic (exact) mass is 346 g/mol. The third-order valence-corrected chi connectivity index (χ3v) is 5.05. The molecule has 0 saturated heterocycles. The molecule has 26 heavy (non-hydrogen) atoms. The number of ether oxygens (including phenoxy) is 2. The van der Waals surface area contributed by atoms with E-state index in [1.165, 1.54) is 0 Å². The second-order valence-electron chi connectivity index (χ2n) is 6.81. The van der Waals surface area contributed by atoms with Crippen LogP contribution < -0.4 is 14.8 Å². The first-order valence-corrected chi connectivity index (χ1v) is 8.90. The number of carbonyl (C=O) groups excluding carboxylic acids is 1. The Morgan fingerprint density at radius 3 is 2.69 bits per heavy atom. The van der Waals surface area contributed by atoms with Crippen LogP contribution in [0.4, 0.5) is 5.69 Å². The number of aromatic nitrogens is 1. The summed E-state index contributed by atoms with van der Waals surface area (Å²) in [5, 5.41) is 3.79. The average Bonchev–Trinajstić information content (AvgIpc) is 3.26. The Kier molecular flexibility index (Phi) is 3.35. The molecule has 1 N–H and O–H groups in total. The van der Waals surface area contributed by atoms with Gasteiger partial charge < -0.3 is 14.8 Å². The normalized spacial score (nSPS) is 16.9. The summed E-state index contributed by atoms with van der Waals surface area (Å²) in [6.07, 6.45) is 5.71. The minimum Gasteiger partial charge on any atom is -0.448 e. The number of para-hydroxylation sites is 1. The van der Waals surface area contributed by atoms with Gasteiger partial charge in [-0.15, -0.1) is 0 Å². The van der Waals surface area contributed by atoms with E-state index in [1.54, 1.807) is 12.3 Å². The summed E-state index contributed by atoms with van der Waals surface area (Å²) in [5.74, 6) is 0.785. The van der Waals surface area contributed by atoms with Crippen molar-refractivity contribution in [1.29, 1.82) is 0 Å². The number of nitrogens with zero attached hydrogens (tertiary/aromatic N) is 1. The van der Waals surface area contributed by atoms with Crippen LogP contribution in [0.2, 0.25) is 0 Å². The number of hydrogen-bond donors (Lipinski definition) is 1. The van der Waals surface area contributed by atoms with Crippen molar-refractivity contribution < 1.29 is 14.3 Å². The maximum atomic E-state index is 12.8. The maximum Gasteiger partial charge on any atom is 0.256 e. The first-order chi connectivity index (χ1) is 12.7. The van der Waals surface area contributed by atoms with Crippen molar-refractivity contribution in [2.24, 2.45) is 0 Å². The third kappa shape index (κ3) is 2.47. The lowest BCUT2D eigenvalue weighted by Crippen LogP contribution is -2.34. The number of carbonyl (C=O) groups is 1. The van der Waals surface area contributed by atoms with Crippen molar-refractivity contribution in [3.8, 4) is 11.5 Å². The molecule has 1 fully saturated rings. The number of fused-ring (bicyclic) bond motifs is 2. The Morgan fingerprint density at radius 1 is 1.00 bits per heavy atom. The molecule has 0 unspecified atom stereocenters. The van der Waals surface area contributed by atoms with E-state index in [9.17, 15) is 4.79 Å². The largest absolute Gasteiger partial charge is 0.448 e. The topological polar surface area (TPSA) is 60.5 Å². The van der Waals surface area contributed by atoms with Crippen LogP contribution in [0.25, 0.3) is 10.9 Å². The summed E-state index contributed by atoms with van der Waals surface area (Å²) in [4.78, 5) is 17.1. The molecule has 1 aliphatic heterocycles. The molecule has 0 bridgehead atoms. The zero-order valence-electron chi connectivity index (χ0n) is 14.2. The summed E-state index contributed by atoms with van der Waals surface area (Å²) in [6, 6.07) is 14.9. The van der Waals surface area contributed by atoms with Gasteiger partial charge in [-0.3, -0.25) is 9.78 Å². The van der Waals surface area contributed by atoms with Crippen LogP contribution in [0.5, 0.6) is 11.5 Å². The minimum absolute atomic E-state index is 0.168. The smallest absolute Gasteiger partial charge is 0.256 e. The molecule has 2 aromatic carbocycles. The highest BCUT2D eigenvalue weighted by atomic mass is 16.7. The molecule has 130 valence electrons. The van der Waals surface area contributed by atoms with Crippen molar-refractivity contribution in [2.45, 2.75) is 31.5 Å². The number of anilines is 1. The van der Waals surface area contributed by atoms with E-state index in [2.05, 4.69) is 10.3 Å². The molecule has 5 rings (SSSR count). The third-order valence-electron chi connectivity index (χ3n) is 5.05. The lowest BCUT2D eigenvalue weighted by molar-refractivity contribution is -0.0716. The first kappa shape index (κ1) is 15.2. The van der Waals surface area contributed by atoms with E-state index in [0.717, 1.165) is 42.3 Å².